The highest BCUT2D eigenvalue weighted by molar-refractivity contribution is 5.49. The van der Waals surface area contributed by atoms with Crippen LogP contribution in [0.15, 0.2) is 21.3 Å². The summed E-state index contributed by atoms with van der Waals surface area (Å²) in [6.07, 6.45) is 1.61. The largest absolute Gasteiger partial charge is 0.459 e. The van der Waals surface area contributed by atoms with Gasteiger partial charge in [-0.1, -0.05) is 5.16 Å². The fourth-order valence-electron chi connectivity index (χ4n) is 1.79. The second-order valence-electron chi connectivity index (χ2n) is 3.97. The third-order valence-corrected chi connectivity index (χ3v) is 2.73. The lowest BCUT2D eigenvalue weighted by atomic mass is 10.2. The first-order chi connectivity index (χ1) is 8.34. The molecule has 0 aliphatic carbocycles. The lowest BCUT2D eigenvalue weighted by Gasteiger charge is -2.20. The third-order valence-electron chi connectivity index (χ3n) is 2.73. The Morgan fingerprint density at radius 2 is 2.41 bits per heavy atom. The normalized spacial score (nSPS) is 20.6. The minimum absolute atomic E-state index is 0.00322. The Hall–Kier alpha value is -1.66. The summed E-state index contributed by atoms with van der Waals surface area (Å²) in [5, 5.41) is 7.22. The number of rotatable bonds is 2. The lowest BCUT2D eigenvalue weighted by molar-refractivity contribution is 0.0734. The van der Waals surface area contributed by atoms with Crippen molar-refractivity contribution < 1.29 is 13.7 Å². The van der Waals surface area contributed by atoms with Crippen LogP contribution >= 0.6 is 0 Å². The van der Waals surface area contributed by atoms with Crippen LogP contribution in [0.5, 0.6) is 0 Å². The molecule has 1 aliphatic rings. The van der Waals surface area contributed by atoms with Crippen LogP contribution in [-0.2, 0) is 4.74 Å². The zero-order valence-corrected chi connectivity index (χ0v) is 9.47. The molecule has 0 radical (unpaired) electrons. The van der Waals surface area contributed by atoms with Gasteiger partial charge in [0.1, 0.15) is 0 Å². The second kappa shape index (κ2) is 4.31. The van der Waals surface area contributed by atoms with Crippen LogP contribution in [0.3, 0.4) is 0 Å². The molecule has 3 heterocycles. The van der Waals surface area contributed by atoms with Crippen LogP contribution in [0.25, 0.3) is 11.7 Å². The fraction of sp³-hybridized carbons (Fsp3) is 0.455. The molecule has 0 saturated carbocycles. The number of aromatic nitrogens is 2. The van der Waals surface area contributed by atoms with Crippen molar-refractivity contribution in [3.05, 3.63) is 23.7 Å². The van der Waals surface area contributed by atoms with E-state index >= 15 is 0 Å². The predicted molar refractivity (Wildman–Crippen MR) is 58.3 cm³/mol. The van der Waals surface area contributed by atoms with Gasteiger partial charge < -0.3 is 19.0 Å². The Kier molecular flexibility index (Phi) is 2.66. The van der Waals surface area contributed by atoms with Crippen LogP contribution in [-0.4, -0.2) is 29.9 Å². The third kappa shape index (κ3) is 1.96. The first kappa shape index (κ1) is 10.5. The van der Waals surface area contributed by atoms with Crippen molar-refractivity contribution in [3.8, 4) is 11.7 Å². The number of ether oxygens (including phenoxy) is 1. The van der Waals surface area contributed by atoms with Crippen molar-refractivity contribution in [2.24, 2.45) is 0 Å². The number of morpholine rings is 1. The lowest BCUT2D eigenvalue weighted by Crippen LogP contribution is -2.35. The number of hydrogen-bond acceptors (Lipinski definition) is 6. The average molecular weight is 235 g/mol. The SMILES string of the molecule is Cc1ccoc1-c1nc(C2COCCN2)no1. The number of furan rings is 1. The van der Waals surface area contributed by atoms with Crippen LogP contribution < -0.4 is 5.32 Å². The van der Waals surface area contributed by atoms with Gasteiger partial charge in [-0.3, -0.25) is 0 Å². The van der Waals surface area contributed by atoms with Crippen molar-refractivity contribution in [3.63, 3.8) is 0 Å². The standard InChI is InChI=1S/C11H13N3O3/c1-7-2-4-16-9(7)11-13-10(14-17-11)8-6-15-5-3-12-8/h2,4,8,12H,3,5-6H2,1H3. The average Bonchev–Trinajstić information content (AvgIpc) is 2.98. The smallest absolute Gasteiger partial charge is 0.293 e. The summed E-state index contributed by atoms with van der Waals surface area (Å²) in [6.45, 7) is 4.02. The molecule has 0 bridgehead atoms. The van der Waals surface area contributed by atoms with Crippen LogP contribution in [0.2, 0.25) is 0 Å². The van der Waals surface area contributed by atoms with Crippen LogP contribution in [0.4, 0.5) is 0 Å². The molecule has 17 heavy (non-hydrogen) atoms. The summed E-state index contributed by atoms with van der Waals surface area (Å²) < 4.78 is 15.8. The van der Waals surface area contributed by atoms with Gasteiger partial charge in [0, 0.05) is 12.1 Å². The van der Waals surface area contributed by atoms with E-state index in [-0.39, 0.29) is 6.04 Å². The molecule has 6 nitrogen and oxygen atoms in total. The van der Waals surface area contributed by atoms with Gasteiger partial charge in [0.2, 0.25) is 0 Å². The molecule has 1 aliphatic heterocycles. The Balaban J connectivity index is 1.85. The van der Waals surface area contributed by atoms with E-state index in [1.54, 1.807) is 6.26 Å². The number of hydrogen-bond donors (Lipinski definition) is 1. The zero-order chi connectivity index (χ0) is 11.7. The first-order valence-corrected chi connectivity index (χ1v) is 5.54. The highest BCUT2D eigenvalue weighted by Crippen LogP contribution is 2.24. The van der Waals surface area contributed by atoms with Crippen LogP contribution in [0.1, 0.15) is 17.4 Å². The predicted octanol–water partition coefficient (Wildman–Crippen LogP) is 1.30. The van der Waals surface area contributed by atoms with Gasteiger partial charge in [-0.15, -0.1) is 0 Å². The topological polar surface area (TPSA) is 73.3 Å². The van der Waals surface area contributed by atoms with Gasteiger partial charge >= 0.3 is 0 Å². The van der Waals surface area contributed by atoms with Gasteiger partial charge in [-0.05, 0) is 13.0 Å². The van der Waals surface area contributed by atoms with Gasteiger partial charge in [-0.2, -0.15) is 4.98 Å². The maximum absolute atomic E-state index is 5.35. The summed E-state index contributed by atoms with van der Waals surface area (Å²) in [6, 6.07) is 1.86. The molecular formula is C11H13N3O3. The van der Waals surface area contributed by atoms with E-state index in [0.29, 0.717) is 24.1 Å². The summed E-state index contributed by atoms with van der Waals surface area (Å²) >= 11 is 0. The molecule has 1 N–H and O–H groups in total. The highest BCUT2D eigenvalue weighted by Gasteiger charge is 2.22. The Labute approximate surface area is 98.0 Å². The van der Waals surface area contributed by atoms with Gasteiger partial charge in [-0.25, -0.2) is 0 Å². The molecule has 2 aromatic rings. The Morgan fingerprint density at radius 3 is 3.12 bits per heavy atom. The first-order valence-electron chi connectivity index (χ1n) is 5.54. The van der Waals surface area contributed by atoms with Crippen molar-refractivity contribution in [1.29, 1.82) is 0 Å². The van der Waals surface area contributed by atoms with E-state index in [0.717, 1.165) is 18.7 Å². The van der Waals surface area contributed by atoms with Gasteiger partial charge in [0.15, 0.2) is 11.6 Å². The zero-order valence-electron chi connectivity index (χ0n) is 9.47. The summed E-state index contributed by atoms with van der Waals surface area (Å²) in [4.78, 5) is 4.32. The van der Waals surface area contributed by atoms with E-state index in [1.165, 1.54) is 0 Å². The van der Waals surface area contributed by atoms with Gasteiger partial charge in [0.25, 0.3) is 5.89 Å². The molecule has 0 amide bonds. The quantitative estimate of drug-likeness (QED) is 0.845. The molecule has 1 saturated heterocycles. The molecule has 3 rings (SSSR count). The van der Waals surface area contributed by atoms with E-state index in [2.05, 4.69) is 15.5 Å². The van der Waals surface area contributed by atoms with E-state index < -0.39 is 0 Å². The molecule has 1 atom stereocenters. The van der Waals surface area contributed by atoms with Crippen molar-refractivity contribution in [2.45, 2.75) is 13.0 Å². The Bertz CT molecular complexity index is 500. The molecule has 0 aromatic carbocycles. The number of nitrogens with one attached hydrogen (secondary N) is 1. The number of nitrogens with zero attached hydrogens (tertiary/aromatic N) is 2. The van der Waals surface area contributed by atoms with Gasteiger partial charge in [0.05, 0.1) is 25.5 Å². The maximum Gasteiger partial charge on any atom is 0.293 e. The second-order valence-corrected chi connectivity index (χ2v) is 3.97. The summed E-state index contributed by atoms with van der Waals surface area (Å²) in [5.74, 6) is 1.64. The summed E-state index contributed by atoms with van der Waals surface area (Å²) in [7, 11) is 0. The Morgan fingerprint density at radius 1 is 1.47 bits per heavy atom. The summed E-state index contributed by atoms with van der Waals surface area (Å²) in [5.41, 5.74) is 0.980. The van der Waals surface area contributed by atoms with Crippen molar-refractivity contribution in [1.82, 2.24) is 15.5 Å². The molecule has 0 spiro atoms. The number of aryl methyl sites for hydroxylation is 1. The van der Waals surface area contributed by atoms with Crippen molar-refractivity contribution in [2.75, 3.05) is 19.8 Å². The molecular weight excluding hydrogens is 222 g/mol. The molecule has 6 heteroatoms. The van der Waals surface area contributed by atoms with E-state index in [1.807, 2.05) is 13.0 Å². The van der Waals surface area contributed by atoms with Crippen molar-refractivity contribution >= 4 is 0 Å². The van der Waals surface area contributed by atoms with Crippen LogP contribution in [0, 0.1) is 6.92 Å². The maximum atomic E-state index is 5.35. The monoisotopic (exact) mass is 235 g/mol. The minimum atomic E-state index is -0.00322. The molecule has 2 aromatic heterocycles. The fourth-order valence-corrected chi connectivity index (χ4v) is 1.79. The van der Waals surface area contributed by atoms with E-state index in [9.17, 15) is 0 Å². The minimum Gasteiger partial charge on any atom is -0.459 e. The molecule has 1 unspecified atom stereocenters. The van der Waals surface area contributed by atoms with E-state index in [4.69, 9.17) is 13.7 Å². The molecule has 1 fully saturated rings. The molecule has 90 valence electrons. The highest BCUT2D eigenvalue weighted by atomic mass is 16.5.